The van der Waals surface area contributed by atoms with Crippen molar-refractivity contribution in [3.63, 3.8) is 0 Å². The molecule has 0 fully saturated rings. The zero-order valence-electron chi connectivity index (χ0n) is 12.1. The van der Waals surface area contributed by atoms with Crippen molar-refractivity contribution in [2.45, 2.75) is 13.0 Å². The molecule has 0 heterocycles. The molecule has 0 radical (unpaired) electrons. The number of carbonyl (C=O) groups excluding carboxylic acids is 1. The molecule has 0 spiro atoms. The SMILES string of the molecule is COCCNC(=O)C(C)Nc1cccc(N(C)C)c1. The lowest BCUT2D eigenvalue weighted by Crippen LogP contribution is -2.39. The van der Waals surface area contributed by atoms with Crippen LogP contribution < -0.4 is 15.5 Å². The van der Waals surface area contributed by atoms with Crippen molar-refractivity contribution in [3.8, 4) is 0 Å². The van der Waals surface area contributed by atoms with E-state index in [0.29, 0.717) is 13.2 Å². The second-order valence-electron chi connectivity index (χ2n) is 4.59. The first-order valence-corrected chi connectivity index (χ1v) is 6.35. The van der Waals surface area contributed by atoms with Gasteiger partial charge in [0, 0.05) is 39.1 Å². The fraction of sp³-hybridized carbons (Fsp3) is 0.500. The number of rotatable bonds is 7. The highest BCUT2D eigenvalue weighted by molar-refractivity contribution is 5.84. The van der Waals surface area contributed by atoms with Crippen LogP contribution in [0.5, 0.6) is 0 Å². The van der Waals surface area contributed by atoms with Crippen molar-refractivity contribution in [1.82, 2.24) is 5.32 Å². The highest BCUT2D eigenvalue weighted by Crippen LogP contribution is 2.17. The van der Waals surface area contributed by atoms with E-state index in [4.69, 9.17) is 4.74 Å². The van der Waals surface area contributed by atoms with Gasteiger partial charge in [-0.2, -0.15) is 0 Å². The van der Waals surface area contributed by atoms with Crippen molar-refractivity contribution < 1.29 is 9.53 Å². The lowest BCUT2D eigenvalue weighted by molar-refractivity contribution is -0.121. The molecule has 1 unspecified atom stereocenters. The average Bonchev–Trinajstić information content (AvgIpc) is 2.39. The summed E-state index contributed by atoms with van der Waals surface area (Å²) in [5, 5.41) is 5.99. The molecule has 1 rings (SSSR count). The van der Waals surface area contributed by atoms with Gasteiger partial charge in [-0.1, -0.05) is 6.07 Å². The van der Waals surface area contributed by atoms with Gasteiger partial charge >= 0.3 is 0 Å². The zero-order valence-corrected chi connectivity index (χ0v) is 12.1. The Bertz CT molecular complexity index is 407. The molecule has 5 heteroatoms. The van der Waals surface area contributed by atoms with E-state index < -0.39 is 0 Å². The second kappa shape index (κ2) is 7.63. The molecule has 1 amide bonds. The van der Waals surface area contributed by atoms with Gasteiger partial charge in [0.1, 0.15) is 6.04 Å². The van der Waals surface area contributed by atoms with Crippen molar-refractivity contribution in [2.24, 2.45) is 0 Å². The lowest BCUT2D eigenvalue weighted by Gasteiger charge is -2.18. The first kappa shape index (κ1) is 15.3. The standard InChI is InChI=1S/C14H23N3O2/c1-11(14(18)15-8-9-19-4)16-12-6-5-7-13(10-12)17(2)3/h5-7,10-11,16H,8-9H2,1-4H3,(H,15,18). The monoisotopic (exact) mass is 265 g/mol. The van der Waals surface area contributed by atoms with Gasteiger partial charge in [-0.25, -0.2) is 0 Å². The van der Waals surface area contributed by atoms with Crippen molar-refractivity contribution >= 4 is 17.3 Å². The molecule has 5 nitrogen and oxygen atoms in total. The summed E-state index contributed by atoms with van der Waals surface area (Å²) in [4.78, 5) is 13.8. The predicted octanol–water partition coefficient (Wildman–Crippen LogP) is 1.32. The van der Waals surface area contributed by atoms with E-state index in [9.17, 15) is 4.79 Å². The third-order valence-electron chi connectivity index (χ3n) is 2.74. The van der Waals surface area contributed by atoms with Crippen LogP contribution in [0.4, 0.5) is 11.4 Å². The number of hydrogen-bond acceptors (Lipinski definition) is 4. The molecule has 0 bridgehead atoms. The molecule has 0 aliphatic rings. The van der Waals surface area contributed by atoms with E-state index in [-0.39, 0.29) is 11.9 Å². The van der Waals surface area contributed by atoms with Crippen LogP contribution in [0.3, 0.4) is 0 Å². The minimum atomic E-state index is -0.283. The molecule has 0 aromatic heterocycles. The fourth-order valence-corrected chi connectivity index (χ4v) is 1.62. The third kappa shape index (κ3) is 5.18. The molecule has 0 saturated carbocycles. The summed E-state index contributed by atoms with van der Waals surface area (Å²) < 4.78 is 4.89. The molecule has 0 saturated heterocycles. The summed E-state index contributed by atoms with van der Waals surface area (Å²) in [7, 11) is 5.58. The topological polar surface area (TPSA) is 53.6 Å². The average molecular weight is 265 g/mol. The Morgan fingerprint density at radius 3 is 2.79 bits per heavy atom. The quantitative estimate of drug-likeness (QED) is 0.730. The van der Waals surface area contributed by atoms with E-state index in [0.717, 1.165) is 11.4 Å². The van der Waals surface area contributed by atoms with Gasteiger partial charge in [0.25, 0.3) is 0 Å². The summed E-state index contributed by atoms with van der Waals surface area (Å²) >= 11 is 0. The number of nitrogens with zero attached hydrogens (tertiary/aromatic N) is 1. The van der Waals surface area contributed by atoms with Gasteiger partial charge < -0.3 is 20.3 Å². The number of anilines is 2. The van der Waals surface area contributed by atoms with Gasteiger partial charge in [0.2, 0.25) is 5.91 Å². The summed E-state index contributed by atoms with van der Waals surface area (Å²) in [6.07, 6.45) is 0. The molecular formula is C14H23N3O2. The van der Waals surface area contributed by atoms with E-state index in [2.05, 4.69) is 10.6 Å². The van der Waals surface area contributed by atoms with Crippen LogP contribution in [0, 0.1) is 0 Å². The van der Waals surface area contributed by atoms with Crippen LogP contribution in [0.2, 0.25) is 0 Å². The van der Waals surface area contributed by atoms with Crippen LogP contribution in [-0.2, 0) is 9.53 Å². The number of ether oxygens (including phenoxy) is 1. The smallest absolute Gasteiger partial charge is 0.242 e. The number of nitrogens with one attached hydrogen (secondary N) is 2. The number of benzene rings is 1. The predicted molar refractivity (Wildman–Crippen MR) is 78.7 cm³/mol. The second-order valence-corrected chi connectivity index (χ2v) is 4.59. The Hall–Kier alpha value is -1.75. The molecule has 0 aliphatic heterocycles. The Balaban J connectivity index is 2.53. The normalized spacial score (nSPS) is 11.8. The van der Waals surface area contributed by atoms with E-state index in [1.165, 1.54) is 0 Å². The van der Waals surface area contributed by atoms with Crippen LogP contribution in [0.1, 0.15) is 6.92 Å². The van der Waals surface area contributed by atoms with Gasteiger partial charge in [0.05, 0.1) is 6.61 Å². The van der Waals surface area contributed by atoms with Crippen LogP contribution in [-0.4, -0.2) is 46.3 Å². The molecule has 1 aromatic rings. The molecule has 19 heavy (non-hydrogen) atoms. The highest BCUT2D eigenvalue weighted by atomic mass is 16.5. The number of hydrogen-bond donors (Lipinski definition) is 2. The maximum absolute atomic E-state index is 11.8. The fourth-order valence-electron chi connectivity index (χ4n) is 1.62. The van der Waals surface area contributed by atoms with Gasteiger partial charge in [-0.3, -0.25) is 4.79 Å². The minimum absolute atomic E-state index is 0.0349. The number of methoxy groups -OCH3 is 1. The molecule has 106 valence electrons. The van der Waals surface area contributed by atoms with Crippen LogP contribution in [0.25, 0.3) is 0 Å². The Morgan fingerprint density at radius 2 is 2.16 bits per heavy atom. The van der Waals surface area contributed by atoms with Crippen LogP contribution in [0.15, 0.2) is 24.3 Å². The molecule has 1 aromatic carbocycles. The maximum atomic E-state index is 11.8. The van der Waals surface area contributed by atoms with Gasteiger partial charge in [-0.05, 0) is 25.1 Å². The lowest BCUT2D eigenvalue weighted by atomic mass is 10.2. The zero-order chi connectivity index (χ0) is 14.3. The molecule has 2 N–H and O–H groups in total. The molecular weight excluding hydrogens is 242 g/mol. The number of amides is 1. The van der Waals surface area contributed by atoms with Crippen LogP contribution >= 0.6 is 0 Å². The van der Waals surface area contributed by atoms with Crippen molar-refractivity contribution in [1.29, 1.82) is 0 Å². The van der Waals surface area contributed by atoms with Gasteiger partial charge in [0.15, 0.2) is 0 Å². The summed E-state index contributed by atoms with van der Waals surface area (Å²) in [6.45, 7) is 2.89. The first-order chi connectivity index (χ1) is 9.04. The maximum Gasteiger partial charge on any atom is 0.242 e. The number of carbonyl (C=O) groups is 1. The molecule has 1 atom stereocenters. The largest absolute Gasteiger partial charge is 0.383 e. The Labute approximate surface area is 114 Å². The Kier molecular flexibility index (Phi) is 6.15. The first-order valence-electron chi connectivity index (χ1n) is 6.35. The van der Waals surface area contributed by atoms with E-state index in [1.54, 1.807) is 7.11 Å². The van der Waals surface area contributed by atoms with E-state index in [1.807, 2.05) is 50.2 Å². The highest BCUT2D eigenvalue weighted by Gasteiger charge is 2.11. The van der Waals surface area contributed by atoms with Gasteiger partial charge in [-0.15, -0.1) is 0 Å². The minimum Gasteiger partial charge on any atom is -0.383 e. The third-order valence-corrected chi connectivity index (χ3v) is 2.74. The Morgan fingerprint density at radius 1 is 1.42 bits per heavy atom. The van der Waals surface area contributed by atoms with Crippen molar-refractivity contribution in [3.05, 3.63) is 24.3 Å². The summed E-state index contributed by atoms with van der Waals surface area (Å²) in [5.74, 6) is -0.0349. The summed E-state index contributed by atoms with van der Waals surface area (Å²) in [6, 6.07) is 7.67. The molecule has 0 aliphatic carbocycles. The van der Waals surface area contributed by atoms with E-state index >= 15 is 0 Å². The van der Waals surface area contributed by atoms with Crippen molar-refractivity contribution in [2.75, 3.05) is 44.6 Å². The summed E-state index contributed by atoms with van der Waals surface area (Å²) in [5.41, 5.74) is 2.03.